The van der Waals surface area contributed by atoms with E-state index in [4.69, 9.17) is 4.98 Å². The van der Waals surface area contributed by atoms with Crippen molar-refractivity contribution in [2.75, 3.05) is 10.6 Å². The summed E-state index contributed by atoms with van der Waals surface area (Å²) in [5.74, 6) is -0.382. The van der Waals surface area contributed by atoms with Crippen LogP contribution in [0.1, 0.15) is 18.3 Å². The predicted molar refractivity (Wildman–Crippen MR) is 130 cm³/mol. The fourth-order valence-corrected chi connectivity index (χ4v) is 3.61. The predicted octanol–water partition coefficient (Wildman–Crippen LogP) is 3.31. The van der Waals surface area contributed by atoms with Gasteiger partial charge >= 0.3 is 0 Å². The Bertz CT molecular complexity index is 1420. The van der Waals surface area contributed by atoms with Gasteiger partial charge in [0.15, 0.2) is 0 Å². The maximum atomic E-state index is 13.1. The lowest BCUT2D eigenvalue weighted by atomic mass is 10.1. The van der Waals surface area contributed by atoms with Gasteiger partial charge in [0.2, 0.25) is 17.8 Å². The van der Waals surface area contributed by atoms with Crippen molar-refractivity contribution in [2.24, 2.45) is 0 Å². The van der Waals surface area contributed by atoms with E-state index in [1.54, 1.807) is 28.9 Å². The van der Waals surface area contributed by atoms with Crippen molar-refractivity contribution >= 4 is 23.2 Å². The molecule has 2 heterocycles. The van der Waals surface area contributed by atoms with E-state index in [0.29, 0.717) is 17.1 Å². The highest BCUT2D eigenvalue weighted by molar-refractivity contribution is 5.93. The second-order valence-electron chi connectivity index (χ2n) is 7.88. The molecule has 0 bridgehead atoms. The number of amides is 2. The van der Waals surface area contributed by atoms with Gasteiger partial charge in [-0.05, 0) is 38.1 Å². The number of carbonyl (C=O) groups excluding carboxylic acids is 2. The van der Waals surface area contributed by atoms with Gasteiger partial charge in [-0.25, -0.2) is 9.67 Å². The van der Waals surface area contributed by atoms with Crippen LogP contribution in [0, 0.1) is 13.8 Å². The van der Waals surface area contributed by atoms with Crippen LogP contribution in [0.3, 0.4) is 0 Å². The second kappa shape index (κ2) is 9.53. The summed E-state index contributed by atoms with van der Waals surface area (Å²) in [4.78, 5) is 42.0. The Balaban J connectivity index is 1.70. The van der Waals surface area contributed by atoms with Crippen molar-refractivity contribution < 1.29 is 9.59 Å². The maximum absolute atomic E-state index is 13.1. The molecule has 2 N–H and O–H groups in total. The molecule has 0 aliphatic carbocycles. The third-order valence-corrected chi connectivity index (χ3v) is 5.03. The summed E-state index contributed by atoms with van der Waals surface area (Å²) < 4.78 is 2.85. The molecule has 9 nitrogen and oxygen atoms in total. The summed E-state index contributed by atoms with van der Waals surface area (Å²) in [7, 11) is 0. The molecule has 2 amide bonds. The monoisotopic (exact) mass is 456 g/mol. The van der Waals surface area contributed by atoms with Crippen molar-refractivity contribution in [3.63, 3.8) is 0 Å². The van der Waals surface area contributed by atoms with Gasteiger partial charge in [0.05, 0.1) is 11.4 Å². The normalized spacial score (nSPS) is 10.7. The van der Waals surface area contributed by atoms with Gasteiger partial charge in [0.1, 0.15) is 6.54 Å². The van der Waals surface area contributed by atoms with Crippen molar-refractivity contribution in [3.05, 3.63) is 88.5 Å². The van der Waals surface area contributed by atoms with Crippen molar-refractivity contribution in [1.29, 1.82) is 0 Å². The lowest BCUT2D eigenvalue weighted by Crippen LogP contribution is -2.31. The molecule has 2 aromatic carbocycles. The van der Waals surface area contributed by atoms with E-state index in [0.717, 1.165) is 17.0 Å². The van der Waals surface area contributed by atoms with Crippen LogP contribution in [0.2, 0.25) is 0 Å². The van der Waals surface area contributed by atoms with E-state index in [-0.39, 0.29) is 24.0 Å². The van der Waals surface area contributed by atoms with Gasteiger partial charge in [-0.3, -0.25) is 19.0 Å². The van der Waals surface area contributed by atoms with Crippen LogP contribution >= 0.6 is 0 Å². The first-order chi connectivity index (χ1) is 16.3. The fraction of sp³-hybridized carbons (Fsp3) is 0.160. The Morgan fingerprint density at radius 2 is 1.62 bits per heavy atom. The van der Waals surface area contributed by atoms with Crippen molar-refractivity contribution in [2.45, 2.75) is 27.3 Å². The highest BCUT2D eigenvalue weighted by Crippen LogP contribution is 2.18. The SMILES string of the molecule is CC(=O)Nc1cccc(NC(=O)Cn2c(-n3nc(C)cc3C)nc(-c3ccccc3)cc2=O)c1. The molecule has 0 saturated carbocycles. The number of benzene rings is 2. The minimum Gasteiger partial charge on any atom is -0.326 e. The highest BCUT2D eigenvalue weighted by atomic mass is 16.2. The molecule has 0 aliphatic rings. The third-order valence-electron chi connectivity index (χ3n) is 5.03. The average molecular weight is 457 g/mol. The summed E-state index contributed by atoms with van der Waals surface area (Å²) >= 11 is 0. The van der Waals surface area contributed by atoms with Crippen LogP contribution < -0.4 is 16.2 Å². The Labute approximate surface area is 196 Å². The van der Waals surface area contributed by atoms with Gasteiger partial charge in [0.25, 0.3) is 5.56 Å². The van der Waals surface area contributed by atoms with E-state index in [2.05, 4.69) is 15.7 Å². The number of rotatable bonds is 6. The molecule has 2 aromatic heterocycles. The molecule has 172 valence electrons. The lowest BCUT2D eigenvalue weighted by Gasteiger charge is -2.15. The summed E-state index contributed by atoms with van der Waals surface area (Å²) in [6.07, 6.45) is 0. The number of nitrogens with one attached hydrogen (secondary N) is 2. The molecule has 4 rings (SSSR count). The smallest absolute Gasteiger partial charge is 0.256 e. The molecule has 34 heavy (non-hydrogen) atoms. The number of nitrogens with zero attached hydrogens (tertiary/aromatic N) is 4. The first-order valence-corrected chi connectivity index (χ1v) is 10.7. The van der Waals surface area contributed by atoms with Crippen molar-refractivity contribution in [1.82, 2.24) is 19.3 Å². The minimum atomic E-state index is -0.417. The van der Waals surface area contributed by atoms with Gasteiger partial charge in [-0.2, -0.15) is 5.10 Å². The molecule has 9 heteroatoms. The van der Waals surface area contributed by atoms with Gasteiger partial charge < -0.3 is 10.6 Å². The van der Waals surface area contributed by atoms with Crippen LogP contribution in [0.5, 0.6) is 0 Å². The number of aryl methyl sites for hydroxylation is 2. The Kier molecular flexibility index (Phi) is 6.35. The first-order valence-electron chi connectivity index (χ1n) is 10.7. The molecule has 0 aliphatic heterocycles. The van der Waals surface area contributed by atoms with Crippen LogP contribution in [-0.4, -0.2) is 31.1 Å². The van der Waals surface area contributed by atoms with Crippen LogP contribution in [0.4, 0.5) is 11.4 Å². The summed E-state index contributed by atoms with van der Waals surface area (Å²) in [6.45, 7) is 4.85. The van der Waals surface area contributed by atoms with Gasteiger partial charge in [-0.1, -0.05) is 36.4 Å². The second-order valence-corrected chi connectivity index (χ2v) is 7.88. The number of carbonyl (C=O) groups is 2. The fourth-order valence-electron chi connectivity index (χ4n) is 3.61. The Morgan fingerprint density at radius 3 is 2.26 bits per heavy atom. The van der Waals surface area contributed by atoms with E-state index in [1.807, 2.05) is 50.2 Å². The summed E-state index contributed by atoms with van der Waals surface area (Å²) in [5, 5.41) is 9.91. The maximum Gasteiger partial charge on any atom is 0.256 e. The molecule has 0 radical (unpaired) electrons. The summed E-state index contributed by atoms with van der Waals surface area (Å²) in [6, 6.07) is 19.4. The zero-order valence-corrected chi connectivity index (χ0v) is 19.1. The topological polar surface area (TPSA) is 111 Å². The van der Waals surface area contributed by atoms with Gasteiger partial charge in [0, 0.05) is 35.6 Å². The molecule has 0 atom stereocenters. The van der Waals surface area contributed by atoms with Gasteiger partial charge in [-0.15, -0.1) is 0 Å². The van der Waals surface area contributed by atoms with E-state index >= 15 is 0 Å². The van der Waals surface area contributed by atoms with E-state index in [1.165, 1.54) is 17.6 Å². The molecular weight excluding hydrogens is 432 g/mol. The molecule has 0 fully saturated rings. The largest absolute Gasteiger partial charge is 0.326 e. The van der Waals surface area contributed by atoms with E-state index in [9.17, 15) is 14.4 Å². The minimum absolute atomic E-state index is 0.214. The number of anilines is 2. The average Bonchev–Trinajstić information content (AvgIpc) is 3.13. The van der Waals surface area contributed by atoms with E-state index < -0.39 is 5.91 Å². The van der Waals surface area contributed by atoms with Crippen LogP contribution in [0.25, 0.3) is 17.2 Å². The van der Waals surface area contributed by atoms with Crippen LogP contribution in [0.15, 0.2) is 71.5 Å². The molecule has 4 aromatic rings. The zero-order chi connectivity index (χ0) is 24.2. The molecule has 0 unspecified atom stereocenters. The standard InChI is InChI=1S/C25H24N6O3/c1-16-12-17(2)31(29-16)25-28-22(19-8-5-4-6-9-19)14-24(34)30(25)15-23(33)27-21-11-7-10-20(13-21)26-18(3)32/h4-14H,15H2,1-3H3,(H,26,32)(H,27,33). The molecule has 0 spiro atoms. The summed E-state index contributed by atoms with van der Waals surface area (Å²) in [5.41, 5.74) is 3.50. The highest BCUT2D eigenvalue weighted by Gasteiger charge is 2.17. The quantitative estimate of drug-likeness (QED) is 0.462. The number of hydrogen-bond donors (Lipinski definition) is 2. The van der Waals surface area contributed by atoms with Crippen LogP contribution in [-0.2, 0) is 16.1 Å². The first kappa shape index (κ1) is 22.7. The third kappa shape index (κ3) is 5.09. The molecular formula is C25H24N6O3. The Hall–Kier alpha value is -4.53. The number of hydrogen-bond acceptors (Lipinski definition) is 5. The lowest BCUT2D eigenvalue weighted by molar-refractivity contribution is -0.117. The molecule has 0 saturated heterocycles. The Morgan fingerprint density at radius 1 is 0.912 bits per heavy atom. The zero-order valence-electron chi connectivity index (χ0n) is 19.1. The van der Waals surface area contributed by atoms with Crippen molar-refractivity contribution in [3.8, 4) is 17.2 Å². The number of aromatic nitrogens is 4.